The average molecular weight is 347 g/mol. The quantitative estimate of drug-likeness (QED) is 0.655. The third kappa shape index (κ3) is 5.08. The van der Waals surface area contributed by atoms with Gasteiger partial charge in [0.25, 0.3) is 6.43 Å². The maximum absolute atomic E-state index is 12.6. The molecule has 1 aromatic rings. The summed E-state index contributed by atoms with van der Waals surface area (Å²) in [6.45, 7) is 0. The van der Waals surface area contributed by atoms with E-state index in [4.69, 9.17) is 5.73 Å². The van der Waals surface area contributed by atoms with Gasteiger partial charge in [-0.05, 0) is 30.0 Å². The molecule has 0 spiro atoms. The Labute approximate surface area is 123 Å². The Morgan fingerprint density at radius 1 is 1.50 bits per heavy atom. The molecule has 0 aliphatic heterocycles. The monoisotopic (exact) mass is 346 g/mol. The fourth-order valence-electron chi connectivity index (χ4n) is 1.34. The lowest BCUT2D eigenvalue weighted by molar-refractivity contribution is -0.139. The van der Waals surface area contributed by atoms with Crippen LogP contribution in [0, 0.1) is 0 Å². The molecule has 1 aromatic carbocycles. The molecule has 0 unspecified atom stereocenters. The van der Waals surface area contributed by atoms with Crippen LogP contribution in [0.1, 0.15) is 18.4 Å². The van der Waals surface area contributed by atoms with Crippen LogP contribution in [0.4, 0.5) is 14.5 Å². The summed E-state index contributed by atoms with van der Waals surface area (Å²) in [5.74, 6) is -0.462. The number of ether oxygens (including phenoxy) is 1. The SMILES string of the molecule is COC(=O)C/C(C=Nc1cc(Br)cc(C(F)F)c1)=C/N. The molecule has 0 aliphatic carbocycles. The molecule has 4 nitrogen and oxygen atoms in total. The van der Waals surface area contributed by atoms with Gasteiger partial charge in [-0.3, -0.25) is 9.79 Å². The first-order valence-electron chi connectivity index (χ1n) is 5.56. The number of alkyl halides is 2. The number of hydrogen-bond donors (Lipinski definition) is 1. The van der Waals surface area contributed by atoms with Gasteiger partial charge in [-0.1, -0.05) is 15.9 Å². The Morgan fingerprint density at radius 3 is 2.75 bits per heavy atom. The van der Waals surface area contributed by atoms with Gasteiger partial charge < -0.3 is 10.5 Å². The molecule has 1 rings (SSSR count). The second kappa shape index (κ2) is 7.74. The van der Waals surface area contributed by atoms with Crippen LogP contribution in [0.2, 0.25) is 0 Å². The fraction of sp³-hybridized carbons (Fsp3) is 0.231. The summed E-state index contributed by atoms with van der Waals surface area (Å²) in [6.07, 6.45) is -0.0620. The second-order valence-corrected chi connectivity index (χ2v) is 4.71. The number of benzene rings is 1. The van der Waals surface area contributed by atoms with Crippen molar-refractivity contribution in [2.45, 2.75) is 12.8 Å². The van der Waals surface area contributed by atoms with Gasteiger partial charge in [0.05, 0.1) is 19.2 Å². The van der Waals surface area contributed by atoms with Crippen molar-refractivity contribution in [3.63, 3.8) is 0 Å². The molecule has 0 radical (unpaired) electrons. The number of nitrogens with zero attached hydrogens (tertiary/aromatic N) is 1. The third-order valence-electron chi connectivity index (χ3n) is 2.33. The van der Waals surface area contributed by atoms with Crippen molar-refractivity contribution in [1.82, 2.24) is 0 Å². The van der Waals surface area contributed by atoms with Gasteiger partial charge in [0.1, 0.15) is 0 Å². The molecule has 0 saturated heterocycles. The lowest BCUT2D eigenvalue weighted by Crippen LogP contribution is -2.04. The highest BCUT2D eigenvalue weighted by Gasteiger charge is 2.09. The Kier molecular flexibility index (Phi) is 6.30. The van der Waals surface area contributed by atoms with Gasteiger partial charge in [-0.2, -0.15) is 0 Å². The summed E-state index contributed by atoms with van der Waals surface area (Å²) in [7, 11) is 1.26. The van der Waals surface area contributed by atoms with Crippen molar-refractivity contribution in [3.8, 4) is 0 Å². The third-order valence-corrected chi connectivity index (χ3v) is 2.78. The van der Waals surface area contributed by atoms with E-state index in [9.17, 15) is 13.6 Å². The largest absolute Gasteiger partial charge is 0.469 e. The van der Waals surface area contributed by atoms with E-state index < -0.39 is 12.4 Å². The Bertz CT molecular complexity index is 545. The smallest absolute Gasteiger partial charge is 0.310 e. The molecular formula is C13H13BrF2N2O2. The first-order valence-corrected chi connectivity index (χ1v) is 6.36. The lowest BCUT2D eigenvalue weighted by Gasteiger charge is -2.03. The molecule has 0 atom stereocenters. The van der Waals surface area contributed by atoms with Crippen molar-refractivity contribution in [2.24, 2.45) is 10.7 Å². The minimum Gasteiger partial charge on any atom is -0.469 e. The van der Waals surface area contributed by atoms with Gasteiger partial charge in [0.15, 0.2) is 0 Å². The molecule has 2 N–H and O–H groups in total. The van der Waals surface area contributed by atoms with Crippen LogP contribution in [0.5, 0.6) is 0 Å². The van der Waals surface area contributed by atoms with Crippen LogP contribution >= 0.6 is 15.9 Å². The fourth-order valence-corrected chi connectivity index (χ4v) is 1.84. The standard InChI is InChI=1S/C13H13BrF2N2O2/c1-20-12(19)2-8(6-17)7-18-11-4-9(13(15)16)3-10(14)5-11/h3-7,13H,2,17H2,1H3/b8-6-,18-7?. The molecule has 20 heavy (non-hydrogen) atoms. The van der Waals surface area contributed by atoms with Crippen molar-refractivity contribution < 1.29 is 18.3 Å². The highest BCUT2D eigenvalue weighted by molar-refractivity contribution is 9.10. The van der Waals surface area contributed by atoms with E-state index in [1.807, 2.05) is 0 Å². The average Bonchev–Trinajstić information content (AvgIpc) is 2.42. The van der Waals surface area contributed by atoms with Gasteiger partial charge in [0, 0.05) is 16.3 Å². The van der Waals surface area contributed by atoms with E-state index >= 15 is 0 Å². The van der Waals surface area contributed by atoms with E-state index in [0.717, 1.165) is 0 Å². The van der Waals surface area contributed by atoms with Crippen LogP contribution < -0.4 is 5.73 Å². The maximum Gasteiger partial charge on any atom is 0.310 e. The Hall–Kier alpha value is -1.76. The highest BCUT2D eigenvalue weighted by atomic mass is 79.9. The Balaban J connectivity index is 2.91. The van der Waals surface area contributed by atoms with Gasteiger partial charge >= 0.3 is 5.97 Å². The number of esters is 1. The van der Waals surface area contributed by atoms with E-state index in [2.05, 4.69) is 25.7 Å². The number of carbonyl (C=O) groups is 1. The normalized spacial score (nSPS) is 12.2. The zero-order chi connectivity index (χ0) is 15.1. The predicted octanol–water partition coefficient (Wildman–Crippen LogP) is 3.49. The van der Waals surface area contributed by atoms with E-state index in [1.165, 1.54) is 31.7 Å². The minimum atomic E-state index is -2.58. The zero-order valence-electron chi connectivity index (χ0n) is 10.6. The molecule has 7 heteroatoms. The number of halogens is 3. The summed E-state index contributed by atoms with van der Waals surface area (Å²) >= 11 is 3.14. The molecule has 0 bridgehead atoms. The van der Waals surface area contributed by atoms with Crippen molar-refractivity contribution in [2.75, 3.05) is 7.11 Å². The molecule has 0 heterocycles. The summed E-state index contributed by atoms with van der Waals surface area (Å²) in [5, 5.41) is 0. The number of nitrogens with two attached hydrogens (primary N) is 1. The molecule has 0 aliphatic rings. The molecule has 0 fully saturated rings. The van der Waals surface area contributed by atoms with E-state index in [0.29, 0.717) is 15.7 Å². The van der Waals surface area contributed by atoms with Crippen molar-refractivity contribution in [3.05, 3.63) is 40.0 Å². The van der Waals surface area contributed by atoms with Crippen LogP contribution in [0.25, 0.3) is 0 Å². The molecule has 108 valence electrons. The van der Waals surface area contributed by atoms with Crippen molar-refractivity contribution >= 4 is 33.8 Å². The molecular weight excluding hydrogens is 334 g/mol. The summed E-state index contributed by atoms with van der Waals surface area (Å²) < 4.78 is 30.3. The Morgan fingerprint density at radius 2 is 2.20 bits per heavy atom. The minimum absolute atomic E-state index is 0.0355. The second-order valence-electron chi connectivity index (χ2n) is 3.80. The molecule has 0 amide bonds. The first-order chi connectivity index (χ1) is 9.46. The van der Waals surface area contributed by atoms with Crippen LogP contribution in [0.3, 0.4) is 0 Å². The number of rotatable bonds is 5. The van der Waals surface area contributed by atoms with E-state index in [-0.39, 0.29) is 12.0 Å². The maximum atomic E-state index is 12.6. The van der Waals surface area contributed by atoms with Gasteiger partial charge in [-0.25, -0.2) is 8.78 Å². The lowest BCUT2D eigenvalue weighted by atomic mass is 10.2. The summed E-state index contributed by atoms with van der Waals surface area (Å²) in [6, 6.07) is 4.16. The van der Waals surface area contributed by atoms with Crippen LogP contribution in [-0.4, -0.2) is 19.3 Å². The predicted molar refractivity (Wildman–Crippen MR) is 76.2 cm³/mol. The summed E-state index contributed by atoms with van der Waals surface area (Å²) in [4.78, 5) is 15.1. The number of aliphatic imine (C=N–C) groups is 1. The number of carbonyl (C=O) groups excluding carboxylic acids is 1. The molecule has 0 saturated carbocycles. The topological polar surface area (TPSA) is 64.7 Å². The number of hydrogen-bond acceptors (Lipinski definition) is 4. The van der Waals surface area contributed by atoms with Crippen LogP contribution in [-0.2, 0) is 9.53 Å². The van der Waals surface area contributed by atoms with Crippen molar-refractivity contribution in [1.29, 1.82) is 0 Å². The highest BCUT2D eigenvalue weighted by Crippen LogP contribution is 2.28. The zero-order valence-corrected chi connectivity index (χ0v) is 12.2. The first kappa shape index (κ1) is 16.3. The molecule has 0 aromatic heterocycles. The van der Waals surface area contributed by atoms with Gasteiger partial charge in [0.2, 0.25) is 0 Å². The number of methoxy groups -OCH3 is 1. The van der Waals surface area contributed by atoms with E-state index in [1.54, 1.807) is 6.07 Å². The van der Waals surface area contributed by atoms with Crippen LogP contribution in [0.15, 0.2) is 39.4 Å². The van der Waals surface area contributed by atoms with Gasteiger partial charge in [-0.15, -0.1) is 0 Å². The summed E-state index contributed by atoms with van der Waals surface area (Å²) in [5.41, 5.74) is 5.98.